The summed E-state index contributed by atoms with van der Waals surface area (Å²) in [6.07, 6.45) is 3.85. The van der Waals surface area contributed by atoms with Crippen molar-refractivity contribution in [3.8, 4) is 0 Å². The highest BCUT2D eigenvalue weighted by molar-refractivity contribution is 5.85. The first-order valence-corrected chi connectivity index (χ1v) is 10.2. The smallest absolute Gasteiger partial charge is 0.230 e. The minimum Gasteiger partial charge on any atom is -0.346 e. The van der Waals surface area contributed by atoms with Crippen molar-refractivity contribution in [3.05, 3.63) is 53.1 Å². The summed E-state index contributed by atoms with van der Waals surface area (Å²) in [6.45, 7) is 8.67. The van der Waals surface area contributed by atoms with Gasteiger partial charge in [0.1, 0.15) is 5.82 Å². The van der Waals surface area contributed by atoms with E-state index in [0.29, 0.717) is 5.91 Å². The van der Waals surface area contributed by atoms with Gasteiger partial charge in [-0.1, -0.05) is 37.3 Å². The molecule has 0 aliphatic carbocycles. The zero-order chi connectivity index (χ0) is 18.9. The molecule has 144 valence electrons. The van der Waals surface area contributed by atoms with Crippen LogP contribution in [0.1, 0.15) is 42.5 Å². The highest BCUT2D eigenvalue weighted by Crippen LogP contribution is 2.41. The van der Waals surface area contributed by atoms with Crippen LogP contribution in [0.3, 0.4) is 0 Å². The minimum atomic E-state index is -0.158. The largest absolute Gasteiger partial charge is 0.346 e. The second-order valence-corrected chi connectivity index (χ2v) is 8.13. The Labute approximate surface area is 161 Å². The van der Waals surface area contributed by atoms with E-state index in [1.54, 1.807) is 0 Å². The highest BCUT2D eigenvalue weighted by atomic mass is 16.2. The number of benzene rings is 1. The van der Waals surface area contributed by atoms with Gasteiger partial charge < -0.3 is 9.88 Å². The van der Waals surface area contributed by atoms with Gasteiger partial charge in [-0.3, -0.25) is 9.69 Å². The van der Waals surface area contributed by atoms with Gasteiger partial charge in [0, 0.05) is 38.3 Å². The van der Waals surface area contributed by atoms with Gasteiger partial charge in [-0.2, -0.15) is 0 Å². The molecule has 3 heterocycles. The maximum Gasteiger partial charge on any atom is 0.230 e. The number of rotatable bonds is 6. The number of aromatic nitrogens is 2. The summed E-state index contributed by atoms with van der Waals surface area (Å²) >= 11 is 0. The van der Waals surface area contributed by atoms with Crippen LogP contribution in [0, 0.1) is 12.3 Å². The third-order valence-corrected chi connectivity index (χ3v) is 6.29. The van der Waals surface area contributed by atoms with E-state index in [9.17, 15) is 4.79 Å². The summed E-state index contributed by atoms with van der Waals surface area (Å²) in [5.41, 5.74) is 3.44. The van der Waals surface area contributed by atoms with Gasteiger partial charge in [0.05, 0.1) is 11.1 Å². The van der Waals surface area contributed by atoms with E-state index in [4.69, 9.17) is 4.98 Å². The molecule has 2 fully saturated rings. The monoisotopic (exact) mass is 366 g/mol. The van der Waals surface area contributed by atoms with Crippen molar-refractivity contribution in [2.45, 2.75) is 46.1 Å². The molecular formula is C22H30N4O. The lowest BCUT2D eigenvalue weighted by Crippen LogP contribution is -2.37. The van der Waals surface area contributed by atoms with E-state index in [0.717, 1.165) is 75.6 Å². The lowest BCUT2D eigenvalue weighted by molar-refractivity contribution is -0.135. The Balaban J connectivity index is 1.35. The van der Waals surface area contributed by atoms with Crippen LogP contribution in [-0.4, -0.2) is 51.9 Å². The lowest BCUT2D eigenvalue weighted by Gasteiger charge is -2.23. The molecule has 1 amide bonds. The van der Waals surface area contributed by atoms with E-state index in [2.05, 4.69) is 52.9 Å². The molecular weight excluding hydrogens is 336 g/mol. The number of likely N-dealkylation sites (tertiary alicyclic amines) is 2. The van der Waals surface area contributed by atoms with Crippen molar-refractivity contribution >= 4 is 5.91 Å². The Bertz CT molecular complexity index is 800. The summed E-state index contributed by atoms with van der Waals surface area (Å²) in [6, 6.07) is 10.5. The number of hydrogen-bond acceptors (Lipinski definition) is 3. The first kappa shape index (κ1) is 18.2. The third-order valence-electron chi connectivity index (χ3n) is 6.29. The molecule has 2 aliphatic rings. The number of aryl methyl sites for hydroxylation is 2. The van der Waals surface area contributed by atoms with Gasteiger partial charge in [0.2, 0.25) is 5.91 Å². The average molecular weight is 367 g/mol. The number of aromatic amines is 1. The predicted octanol–water partition coefficient (Wildman–Crippen LogP) is 2.95. The fraction of sp³-hybridized carbons (Fsp3) is 0.545. The Morgan fingerprint density at radius 2 is 1.96 bits per heavy atom. The fourth-order valence-electron chi connectivity index (χ4n) is 4.58. The Morgan fingerprint density at radius 3 is 2.70 bits per heavy atom. The quantitative estimate of drug-likeness (QED) is 0.855. The summed E-state index contributed by atoms with van der Waals surface area (Å²) in [4.78, 5) is 25.7. The van der Waals surface area contributed by atoms with Crippen LogP contribution in [-0.2, 0) is 24.2 Å². The molecule has 0 saturated carbocycles. The molecule has 27 heavy (non-hydrogen) atoms. The van der Waals surface area contributed by atoms with Crippen LogP contribution >= 0.6 is 0 Å². The van der Waals surface area contributed by atoms with Crippen LogP contribution in [0.2, 0.25) is 0 Å². The number of imidazole rings is 1. The van der Waals surface area contributed by atoms with Crippen LogP contribution in [0.15, 0.2) is 30.3 Å². The Morgan fingerprint density at radius 1 is 1.19 bits per heavy atom. The maximum atomic E-state index is 13.1. The number of carbonyl (C=O) groups excluding carboxylic acids is 1. The molecule has 1 N–H and O–H groups in total. The summed E-state index contributed by atoms with van der Waals surface area (Å²) < 4.78 is 0. The van der Waals surface area contributed by atoms with Crippen LogP contribution in [0.4, 0.5) is 0 Å². The van der Waals surface area contributed by atoms with Crippen molar-refractivity contribution in [3.63, 3.8) is 0 Å². The van der Waals surface area contributed by atoms with Crippen LogP contribution < -0.4 is 0 Å². The number of hydrogen-bond donors (Lipinski definition) is 1. The van der Waals surface area contributed by atoms with Crippen molar-refractivity contribution in [2.24, 2.45) is 5.41 Å². The van der Waals surface area contributed by atoms with Gasteiger partial charge in [-0.15, -0.1) is 0 Å². The van der Waals surface area contributed by atoms with E-state index >= 15 is 0 Å². The molecule has 2 saturated heterocycles. The van der Waals surface area contributed by atoms with Gasteiger partial charge in [-0.25, -0.2) is 4.98 Å². The molecule has 1 atom stereocenters. The van der Waals surface area contributed by atoms with E-state index in [1.807, 2.05) is 6.07 Å². The average Bonchev–Trinajstić information content (AvgIpc) is 3.35. The zero-order valence-corrected chi connectivity index (χ0v) is 16.5. The SMILES string of the molecule is CCc1nc(CN2CCC3(CCN(CCc4ccccc4)C3=O)C2)c(C)[nH]1. The maximum absolute atomic E-state index is 13.1. The molecule has 4 rings (SSSR count). The van der Waals surface area contributed by atoms with Gasteiger partial charge in [0.15, 0.2) is 0 Å². The molecule has 1 aromatic heterocycles. The molecule has 1 spiro atoms. The van der Waals surface area contributed by atoms with Crippen molar-refractivity contribution < 1.29 is 4.79 Å². The van der Waals surface area contributed by atoms with E-state index in [-0.39, 0.29) is 5.41 Å². The lowest BCUT2D eigenvalue weighted by atomic mass is 9.85. The van der Waals surface area contributed by atoms with Crippen LogP contribution in [0.25, 0.3) is 0 Å². The topological polar surface area (TPSA) is 52.2 Å². The van der Waals surface area contributed by atoms with Crippen LogP contribution in [0.5, 0.6) is 0 Å². The number of nitrogens with zero attached hydrogens (tertiary/aromatic N) is 3. The standard InChI is InChI=1S/C22H30N4O/c1-3-20-23-17(2)19(24-20)15-25-13-10-22(16-25)11-14-26(21(22)27)12-9-18-7-5-4-6-8-18/h4-8H,3,9-16H2,1-2H3,(H,23,24). The highest BCUT2D eigenvalue weighted by Gasteiger charge is 2.50. The fourth-order valence-corrected chi connectivity index (χ4v) is 4.58. The van der Waals surface area contributed by atoms with Gasteiger partial charge in [0.25, 0.3) is 0 Å². The zero-order valence-electron chi connectivity index (χ0n) is 16.5. The first-order valence-electron chi connectivity index (χ1n) is 10.2. The van der Waals surface area contributed by atoms with Crippen molar-refractivity contribution in [2.75, 3.05) is 26.2 Å². The first-order chi connectivity index (χ1) is 13.1. The summed E-state index contributed by atoms with van der Waals surface area (Å²) in [7, 11) is 0. The second kappa shape index (κ2) is 7.47. The molecule has 0 radical (unpaired) electrons. The van der Waals surface area contributed by atoms with E-state index < -0.39 is 0 Å². The van der Waals surface area contributed by atoms with Gasteiger partial charge >= 0.3 is 0 Å². The molecule has 5 nitrogen and oxygen atoms in total. The molecule has 1 unspecified atom stereocenters. The van der Waals surface area contributed by atoms with Gasteiger partial charge in [-0.05, 0) is 38.3 Å². The minimum absolute atomic E-state index is 0.158. The molecule has 0 bridgehead atoms. The number of amides is 1. The summed E-state index contributed by atoms with van der Waals surface area (Å²) in [5, 5.41) is 0. The molecule has 5 heteroatoms. The summed E-state index contributed by atoms with van der Waals surface area (Å²) in [5.74, 6) is 1.43. The Hall–Kier alpha value is -2.14. The molecule has 1 aromatic carbocycles. The second-order valence-electron chi connectivity index (χ2n) is 8.13. The van der Waals surface area contributed by atoms with Crippen molar-refractivity contribution in [1.29, 1.82) is 0 Å². The predicted molar refractivity (Wildman–Crippen MR) is 106 cm³/mol. The van der Waals surface area contributed by atoms with E-state index in [1.165, 1.54) is 5.56 Å². The van der Waals surface area contributed by atoms with Crippen molar-refractivity contribution in [1.82, 2.24) is 19.8 Å². The Kier molecular flexibility index (Phi) is 5.04. The number of H-pyrrole nitrogens is 1. The normalized spacial score (nSPS) is 23.0. The molecule has 2 aromatic rings. The molecule has 2 aliphatic heterocycles. The number of carbonyl (C=O) groups is 1. The third kappa shape index (κ3) is 3.65. The number of nitrogens with one attached hydrogen (secondary N) is 1.